The Kier molecular flexibility index (Phi) is 8.15. The molecule has 39 heavy (non-hydrogen) atoms. The monoisotopic (exact) mass is 537 g/mol. The summed E-state index contributed by atoms with van der Waals surface area (Å²) in [6.07, 6.45) is -2.58. The standard InChI is InChI=1S/C29H35N3O7/c1-17-23(31-32-30)28-33-14-13-21(36-28)24(17)39-29-26(34-15-19-9-5-3-6-10-19)18(2)25-22(37-29)16-35-27(38-25)20-11-7-4-8-12-20/h3-12,17-18,21-29H,13-16H2,1-2H3. The van der Waals surface area contributed by atoms with Gasteiger partial charge in [-0.1, -0.05) is 79.6 Å². The van der Waals surface area contributed by atoms with E-state index < -0.39 is 31.0 Å². The molecule has 4 saturated heterocycles. The van der Waals surface area contributed by atoms with Crippen molar-refractivity contribution < 1.29 is 33.2 Å². The second kappa shape index (κ2) is 11.9. The van der Waals surface area contributed by atoms with Crippen LogP contribution in [0.5, 0.6) is 0 Å². The molecule has 11 unspecified atom stereocenters. The molecule has 4 aliphatic heterocycles. The lowest BCUT2D eigenvalue weighted by atomic mass is 9.86. The third-order valence-electron chi connectivity index (χ3n) is 8.20. The maximum absolute atomic E-state index is 9.16. The molecule has 4 heterocycles. The number of hydrogen-bond acceptors (Lipinski definition) is 8. The SMILES string of the molecule is CC1C(N=[N+]=[N-])C2OCCC(O2)C1OC1OC2COC(c3ccccc3)OC2C(C)C1OCc1ccccc1. The maximum atomic E-state index is 9.16. The van der Waals surface area contributed by atoms with Crippen LogP contribution in [0, 0.1) is 11.8 Å². The van der Waals surface area contributed by atoms with E-state index in [0.717, 1.165) is 11.1 Å². The van der Waals surface area contributed by atoms with Gasteiger partial charge in [0.05, 0.1) is 44.2 Å². The van der Waals surface area contributed by atoms with Crippen molar-refractivity contribution in [2.45, 2.75) is 82.3 Å². The van der Waals surface area contributed by atoms with Crippen LogP contribution >= 0.6 is 0 Å². The second-order valence-corrected chi connectivity index (χ2v) is 10.7. The second-order valence-electron chi connectivity index (χ2n) is 10.7. The molecule has 0 amide bonds. The first-order valence-electron chi connectivity index (χ1n) is 13.7. The minimum atomic E-state index is -0.687. The molecule has 2 bridgehead atoms. The fourth-order valence-electron chi connectivity index (χ4n) is 6.07. The van der Waals surface area contributed by atoms with Gasteiger partial charge in [-0.15, -0.1) is 0 Å². The van der Waals surface area contributed by atoms with Crippen LogP contribution in [0.15, 0.2) is 65.8 Å². The van der Waals surface area contributed by atoms with E-state index in [9.17, 15) is 0 Å². The molecule has 0 radical (unpaired) electrons. The van der Waals surface area contributed by atoms with E-state index in [2.05, 4.69) is 16.9 Å². The van der Waals surface area contributed by atoms with Gasteiger partial charge in [0.25, 0.3) is 0 Å². The number of hydrogen-bond donors (Lipinski definition) is 0. The van der Waals surface area contributed by atoms with E-state index in [-0.39, 0.29) is 36.3 Å². The zero-order valence-corrected chi connectivity index (χ0v) is 22.2. The summed E-state index contributed by atoms with van der Waals surface area (Å²) in [6, 6.07) is 19.5. The zero-order valence-electron chi connectivity index (χ0n) is 22.2. The number of azide groups is 1. The molecule has 0 N–H and O–H groups in total. The molecule has 6 rings (SSSR count). The van der Waals surface area contributed by atoms with Gasteiger partial charge in [0.2, 0.25) is 0 Å². The van der Waals surface area contributed by atoms with Crippen molar-refractivity contribution >= 4 is 0 Å². The number of benzene rings is 2. The summed E-state index contributed by atoms with van der Waals surface area (Å²) >= 11 is 0. The van der Waals surface area contributed by atoms with Crippen molar-refractivity contribution in [1.82, 2.24) is 0 Å². The average Bonchev–Trinajstić information content (AvgIpc) is 2.98. The minimum Gasteiger partial charge on any atom is -0.368 e. The number of nitrogens with zero attached hydrogens (tertiary/aromatic N) is 3. The number of ether oxygens (including phenoxy) is 7. The Morgan fingerprint density at radius 2 is 1.67 bits per heavy atom. The van der Waals surface area contributed by atoms with Crippen molar-refractivity contribution in [3.05, 3.63) is 82.2 Å². The van der Waals surface area contributed by atoms with E-state index >= 15 is 0 Å². The molecule has 0 saturated carbocycles. The number of rotatable bonds is 7. The van der Waals surface area contributed by atoms with Crippen LogP contribution in [0.25, 0.3) is 10.4 Å². The molecule has 4 aliphatic rings. The predicted octanol–water partition coefficient (Wildman–Crippen LogP) is 4.89. The normalized spacial score (nSPS) is 39.8. The van der Waals surface area contributed by atoms with Crippen LogP contribution in [0.2, 0.25) is 0 Å². The smallest absolute Gasteiger partial charge is 0.185 e. The molecule has 4 fully saturated rings. The molecule has 11 atom stereocenters. The third-order valence-corrected chi connectivity index (χ3v) is 8.20. The van der Waals surface area contributed by atoms with Gasteiger partial charge < -0.3 is 33.2 Å². The lowest BCUT2D eigenvalue weighted by Crippen LogP contribution is -2.63. The zero-order chi connectivity index (χ0) is 26.8. The molecule has 0 spiro atoms. The van der Waals surface area contributed by atoms with Gasteiger partial charge >= 0.3 is 0 Å². The van der Waals surface area contributed by atoms with Crippen LogP contribution < -0.4 is 0 Å². The Hall–Kier alpha value is -2.53. The van der Waals surface area contributed by atoms with Gasteiger partial charge in [0.15, 0.2) is 18.9 Å². The quantitative estimate of drug-likeness (QED) is 0.281. The highest BCUT2D eigenvalue weighted by Gasteiger charge is 2.53. The van der Waals surface area contributed by atoms with E-state index in [1.165, 1.54) is 0 Å². The predicted molar refractivity (Wildman–Crippen MR) is 139 cm³/mol. The molecule has 0 aliphatic carbocycles. The molecule has 10 nitrogen and oxygen atoms in total. The highest BCUT2D eigenvalue weighted by molar-refractivity contribution is 5.17. The summed E-state index contributed by atoms with van der Waals surface area (Å²) in [6.45, 7) is 5.42. The number of fused-ring (bicyclic) bond motifs is 3. The lowest BCUT2D eigenvalue weighted by molar-refractivity contribution is -0.379. The van der Waals surface area contributed by atoms with Gasteiger partial charge in [-0.3, -0.25) is 0 Å². The fourth-order valence-corrected chi connectivity index (χ4v) is 6.07. The average molecular weight is 538 g/mol. The first-order valence-corrected chi connectivity index (χ1v) is 13.7. The summed E-state index contributed by atoms with van der Waals surface area (Å²) in [5.74, 6) is -0.194. The largest absolute Gasteiger partial charge is 0.368 e. The summed E-state index contributed by atoms with van der Waals surface area (Å²) in [5.41, 5.74) is 11.2. The highest BCUT2D eigenvalue weighted by Crippen LogP contribution is 2.41. The fraction of sp³-hybridized carbons (Fsp3) is 0.586. The molecule has 10 heteroatoms. The summed E-state index contributed by atoms with van der Waals surface area (Å²) in [7, 11) is 0. The van der Waals surface area contributed by atoms with Crippen molar-refractivity contribution in [3.8, 4) is 0 Å². The molecule has 2 aromatic rings. The molecule has 208 valence electrons. The molecular weight excluding hydrogens is 502 g/mol. The minimum absolute atomic E-state index is 0.0530. The molecule has 2 aromatic carbocycles. The van der Waals surface area contributed by atoms with Gasteiger partial charge in [0, 0.05) is 16.4 Å². The Morgan fingerprint density at radius 3 is 2.44 bits per heavy atom. The van der Waals surface area contributed by atoms with Crippen LogP contribution in [0.1, 0.15) is 37.7 Å². The Balaban J connectivity index is 1.23. The van der Waals surface area contributed by atoms with E-state index in [4.69, 9.17) is 38.7 Å². The lowest BCUT2D eigenvalue weighted by Gasteiger charge is -2.52. The summed E-state index contributed by atoms with van der Waals surface area (Å²) in [5, 5.41) is 3.98. The van der Waals surface area contributed by atoms with Crippen LogP contribution in [0.3, 0.4) is 0 Å². The molecule has 0 aromatic heterocycles. The van der Waals surface area contributed by atoms with Crippen molar-refractivity contribution in [1.29, 1.82) is 0 Å². The Morgan fingerprint density at radius 1 is 0.897 bits per heavy atom. The first kappa shape index (κ1) is 26.7. The van der Waals surface area contributed by atoms with Crippen LogP contribution in [-0.2, 0) is 39.8 Å². The highest BCUT2D eigenvalue weighted by atomic mass is 16.8. The van der Waals surface area contributed by atoms with Gasteiger partial charge in [-0.2, -0.15) is 0 Å². The van der Waals surface area contributed by atoms with Gasteiger partial charge in [-0.25, -0.2) is 0 Å². The Labute approximate surface area is 228 Å². The van der Waals surface area contributed by atoms with Gasteiger partial charge in [0.1, 0.15) is 12.2 Å². The van der Waals surface area contributed by atoms with Crippen molar-refractivity contribution in [2.75, 3.05) is 13.2 Å². The van der Waals surface area contributed by atoms with Crippen LogP contribution in [0.4, 0.5) is 0 Å². The Bertz CT molecular complexity index is 1130. The maximum Gasteiger partial charge on any atom is 0.185 e. The molecular formula is C29H35N3O7. The first-order chi connectivity index (χ1) is 19.1. The van der Waals surface area contributed by atoms with E-state index in [0.29, 0.717) is 26.2 Å². The van der Waals surface area contributed by atoms with Crippen LogP contribution in [-0.4, -0.2) is 62.4 Å². The van der Waals surface area contributed by atoms with E-state index in [1.54, 1.807) is 0 Å². The topological polar surface area (TPSA) is 113 Å². The summed E-state index contributed by atoms with van der Waals surface area (Å²) in [4.78, 5) is 3.03. The summed E-state index contributed by atoms with van der Waals surface area (Å²) < 4.78 is 44.2. The van der Waals surface area contributed by atoms with Crippen molar-refractivity contribution in [2.24, 2.45) is 17.0 Å². The van der Waals surface area contributed by atoms with E-state index in [1.807, 2.05) is 67.6 Å². The van der Waals surface area contributed by atoms with Gasteiger partial charge in [-0.05, 0) is 23.4 Å². The third kappa shape index (κ3) is 5.57. The van der Waals surface area contributed by atoms with Crippen molar-refractivity contribution in [3.63, 3.8) is 0 Å².